The molecule has 0 spiro atoms. The molecule has 0 radical (unpaired) electrons. The van der Waals surface area contributed by atoms with E-state index in [1.807, 2.05) is 6.07 Å². The van der Waals surface area contributed by atoms with Crippen LogP contribution in [0.4, 0.5) is 0 Å². The van der Waals surface area contributed by atoms with Crippen molar-refractivity contribution in [2.45, 2.75) is 38.0 Å². The Morgan fingerprint density at radius 3 is 1.91 bits per heavy atom. The molecule has 0 saturated heterocycles. The van der Waals surface area contributed by atoms with Gasteiger partial charge in [0.15, 0.2) is 0 Å². The number of H-pyrrole nitrogens is 1. The molecule has 0 atom stereocenters. The third-order valence-electron chi connectivity index (χ3n) is 7.83. The van der Waals surface area contributed by atoms with Crippen LogP contribution in [0.2, 0.25) is 5.02 Å². The van der Waals surface area contributed by atoms with Gasteiger partial charge in [-0.2, -0.15) is 5.26 Å². The van der Waals surface area contributed by atoms with Crippen molar-refractivity contribution in [2.24, 2.45) is 0 Å². The van der Waals surface area contributed by atoms with E-state index in [0.717, 1.165) is 32.6 Å². The van der Waals surface area contributed by atoms with E-state index in [0.29, 0.717) is 0 Å². The van der Waals surface area contributed by atoms with Crippen molar-refractivity contribution in [3.63, 3.8) is 0 Å². The summed E-state index contributed by atoms with van der Waals surface area (Å²) in [5.74, 6) is 0.164. The van der Waals surface area contributed by atoms with Gasteiger partial charge >= 0.3 is 0 Å². The van der Waals surface area contributed by atoms with Crippen LogP contribution >= 0.6 is 11.6 Å². The molecule has 164 valence electrons. The molecular weight excluding hydrogens is 436 g/mol. The van der Waals surface area contributed by atoms with E-state index in [1.54, 1.807) is 0 Å². The Hall–Kier alpha value is -3.54. The lowest BCUT2D eigenvalue weighted by Crippen LogP contribution is -2.28. The second-order valence-electron chi connectivity index (χ2n) is 10.7. The predicted molar refractivity (Wildman–Crippen MR) is 139 cm³/mol. The highest BCUT2D eigenvalue weighted by Gasteiger charge is 2.44. The van der Waals surface area contributed by atoms with Crippen LogP contribution in [0.3, 0.4) is 0 Å². The fourth-order valence-corrected chi connectivity index (χ4v) is 6.61. The summed E-state index contributed by atoms with van der Waals surface area (Å²) in [6.45, 7) is 6.66. The second kappa shape index (κ2) is 6.53. The quantitative estimate of drug-likeness (QED) is 0.245. The Labute approximate surface area is 203 Å². The van der Waals surface area contributed by atoms with Crippen molar-refractivity contribution in [1.82, 2.24) is 4.98 Å². The zero-order valence-corrected chi connectivity index (χ0v) is 20.1. The lowest BCUT2D eigenvalue weighted by molar-refractivity contribution is 0.591. The SMILES string of the molecule is CC(C)(C)c1cc(Cl)c2[nH]c3cc(C#N)c4c(c3c2c1)C1c2ccccc2C4c2ccccc21. The molecule has 0 unspecified atom stereocenters. The molecule has 4 aromatic carbocycles. The molecule has 3 aliphatic carbocycles. The van der Waals surface area contributed by atoms with Gasteiger partial charge in [0.25, 0.3) is 0 Å². The van der Waals surface area contributed by atoms with Crippen LogP contribution in [-0.4, -0.2) is 4.98 Å². The number of hydrogen-bond acceptors (Lipinski definition) is 1. The highest BCUT2D eigenvalue weighted by molar-refractivity contribution is 6.36. The van der Waals surface area contributed by atoms with Gasteiger partial charge in [-0.3, -0.25) is 0 Å². The van der Waals surface area contributed by atoms with E-state index in [2.05, 4.69) is 92.5 Å². The van der Waals surface area contributed by atoms with E-state index in [4.69, 9.17) is 11.6 Å². The molecule has 2 bridgehead atoms. The Kier molecular flexibility index (Phi) is 3.82. The van der Waals surface area contributed by atoms with Gasteiger partial charge in [-0.1, -0.05) is 80.9 Å². The van der Waals surface area contributed by atoms with E-state index in [9.17, 15) is 5.26 Å². The Balaban J connectivity index is 1.69. The Morgan fingerprint density at radius 1 is 0.824 bits per heavy atom. The summed E-state index contributed by atoms with van der Waals surface area (Å²) in [6.07, 6.45) is 0. The van der Waals surface area contributed by atoms with E-state index < -0.39 is 0 Å². The van der Waals surface area contributed by atoms with E-state index in [-0.39, 0.29) is 17.3 Å². The zero-order chi connectivity index (χ0) is 23.4. The molecule has 8 rings (SSSR count). The van der Waals surface area contributed by atoms with E-state index in [1.165, 1.54) is 38.8 Å². The maximum absolute atomic E-state index is 10.3. The topological polar surface area (TPSA) is 39.6 Å². The van der Waals surface area contributed by atoms with Gasteiger partial charge in [-0.15, -0.1) is 0 Å². The molecule has 0 fully saturated rings. The summed E-state index contributed by atoms with van der Waals surface area (Å²) in [5, 5.41) is 13.4. The number of nitrogens with zero attached hydrogens (tertiary/aromatic N) is 1. The number of hydrogen-bond donors (Lipinski definition) is 1. The van der Waals surface area contributed by atoms with Gasteiger partial charge in [0.1, 0.15) is 0 Å². The minimum absolute atomic E-state index is 0.0215. The van der Waals surface area contributed by atoms with Crippen LogP contribution in [0.25, 0.3) is 21.8 Å². The molecule has 3 aliphatic rings. The Bertz CT molecular complexity index is 1680. The minimum atomic E-state index is -0.0215. The molecule has 5 aromatic rings. The maximum Gasteiger partial charge on any atom is 0.0995 e. The van der Waals surface area contributed by atoms with Crippen LogP contribution in [0.1, 0.15) is 77.1 Å². The second-order valence-corrected chi connectivity index (χ2v) is 11.1. The fourth-order valence-electron chi connectivity index (χ4n) is 6.34. The first-order valence-electron chi connectivity index (χ1n) is 11.8. The monoisotopic (exact) mass is 458 g/mol. The normalized spacial score (nSPS) is 18.0. The summed E-state index contributed by atoms with van der Waals surface area (Å²) < 4.78 is 0. The summed E-state index contributed by atoms with van der Waals surface area (Å²) >= 11 is 6.84. The van der Waals surface area contributed by atoms with Crippen LogP contribution in [0, 0.1) is 11.3 Å². The molecule has 1 N–H and O–H groups in total. The average molecular weight is 459 g/mol. The Morgan fingerprint density at radius 2 is 1.38 bits per heavy atom. The molecule has 34 heavy (non-hydrogen) atoms. The number of fused-ring (bicyclic) bond motifs is 3. The molecule has 1 aromatic heterocycles. The van der Waals surface area contributed by atoms with Crippen molar-refractivity contribution >= 4 is 33.4 Å². The number of rotatable bonds is 0. The molecule has 0 saturated carbocycles. The molecule has 0 aliphatic heterocycles. The number of benzene rings is 4. The van der Waals surface area contributed by atoms with Gasteiger partial charge in [0.05, 0.1) is 22.2 Å². The number of nitrogens with one attached hydrogen (secondary N) is 1. The smallest absolute Gasteiger partial charge is 0.0995 e. The van der Waals surface area contributed by atoms with Crippen molar-refractivity contribution in [2.75, 3.05) is 0 Å². The first-order chi connectivity index (χ1) is 16.4. The van der Waals surface area contributed by atoms with Crippen LogP contribution in [-0.2, 0) is 5.41 Å². The fraction of sp³-hybridized carbons (Fsp3) is 0.194. The molecule has 3 heteroatoms. The van der Waals surface area contributed by atoms with Gasteiger partial charge < -0.3 is 4.98 Å². The van der Waals surface area contributed by atoms with Crippen molar-refractivity contribution in [1.29, 1.82) is 5.26 Å². The summed E-state index contributed by atoms with van der Waals surface area (Å²) in [6, 6.07) is 26.5. The highest BCUT2D eigenvalue weighted by atomic mass is 35.5. The minimum Gasteiger partial charge on any atom is -0.353 e. The summed E-state index contributed by atoms with van der Waals surface area (Å²) in [5.41, 5.74) is 11.7. The molecular formula is C31H23ClN2. The van der Waals surface area contributed by atoms with Gasteiger partial charge in [-0.05, 0) is 62.6 Å². The first-order valence-corrected chi connectivity index (χ1v) is 12.2. The van der Waals surface area contributed by atoms with Gasteiger partial charge in [-0.25, -0.2) is 0 Å². The lowest BCUT2D eigenvalue weighted by Gasteiger charge is -2.43. The molecule has 0 amide bonds. The summed E-state index contributed by atoms with van der Waals surface area (Å²) in [4.78, 5) is 3.57. The van der Waals surface area contributed by atoms with Crippen LogP contribution in [0.5, 0.6) is 0 Å². The summed E-state index contributed by atoms with van der Waals surface area (Å²) in [7, 11) is 0. The largest absolute Gasteiger partial charge is 0.353 e. The third kappa shape index (κ3) is 2.41. The van der Waals surface area contributed by atoms with Crippen molar-refractivity contribution in [3.8, 4) is 6.07 Å². The molecule has 1 heterocycles. The third-order valence-corrected chi connectivity index (χ3v) is 8.12. The lowest BCUT2D eigenvalue weighted by atomic mass is 9.59. The van der Waals surface area contributed by atoms with Crippen molar-refractivity contribution in [3.05, 3.63) is 116 Å². The number of halogens is 1. The number of nitriles is 1. The van der Waals surface area contributed by atoms with Gasteiger partial charge in [0.2, 0.25) is 0 Å². The van der Waals surface area contributed by atoms with Gasteiger partial charge in [0, 0.05) is 28.1 Å². The highest BCUT2D eigenvalue weighted by Crippen LogP contribution is 2.58. The van der Waals surface area contributed by atoms with E-state index >= 15 is 0 Å². The average Bonchev–Trinajstić information content (AvgIpc) is 3.22. The number of aromatic nitrogens is 1. The standard InChI is InChI=1S/C31H23ClN2/c1-31(2,3)17-13-22-28-24(34-30(22)23(32)14-17)12-16(15-33)25-26-18-8-4-6-10-20(18)27(29(25)28)21-11-7-5-9-19(21)26/h4-14,26-27,34H,1-3H3. The first kappa shape index (κ1) is 19.9. The number of aromatic amines is 1. The van der Waals surface area contributed by atoms with Crippen LogP contribution < -0.4 is 0 Å². The zero-order valence-electron chi connectivity index (χ0n) is 19.3. The molecule has 2 nitrogen and oxygen atoms in total. The van der Waals surface area contributed by atoms with Crippen molar-refractivity contribution < 1.29 is 0 Å². The predicted octanol–water partition coefficient (Wildman–Crippen LogP) is 8.13. The maximum atomic E-state index is 10.3. The van der Waals surface area contributed by atoms with Crippen LogP contribution in [0.15, 0.2) is 66.7 Å².